The molecule has 0 bridgehead atoms. The maximum absolute atomic E-state index is 3.52. The molecular weight excluding hydrogens is 160 g/mol. The molecule has 2 fully saturated rings. The van der Waals surface area contributed by atoms with E-state index in [1.165, 1.54) is 32.4 Å². The second-order valence-corrected chi connectivity index (χ2v) is 5.25. The summed E-state index contributed by atoms with van der Waals surface area (Å²) in [5, 5.41) is 3.52. The lowest BCUT2D eigenvalue weighted by Crippen LogP contribution is -2.50. The van der Waals surface area contributed by atoms with Crippen LogP contribution in [0.5, 0.6) is 0 Å². The summed E-state index contributed by atoms with van der Waals surface area (Å²) in [6.07, 6.45) is 4.13. The third kappa shape index (κ3) is 1.89. The summed E-state index contributed by atoms with van der Waals surface area (Å²) >= 11 is 0. The van der Waals surface area contributed by atoms with E-state index >= 15 is 0 Å². The lowest BCUT2D eigenvalue weighted by Gasteiger charge is -2.41. The highest BCUT2D eigenvalue weighted by Gasteiger charge is 2.41. The molecule has 2 rings (SSSR count). The molecule has 76 valence electrons. The van der Waals surface area contributed by atoms with Crippen LogP contribution in [-0.2, 0) is 0 Å². The molecule has 0 amide bonds. The zero-order valence-electron chi connectivity index (χ0n) is 9.14. The first-order chi connectivity index (χ1) is 6.11. The van der Waals surface area contributed by atoms with Gasteiger partial charge in [0.2, 0.25) is 0 Å². The maximum Gasteiger partial charge on any atom is 0.0200 e. The smallest absolute Gasteiger partial charge is 0.0200 e. The minimum absolute atomic E-state index is 0.407. The molecule has 2 nitrogen and oxygen atoms in total. The fourth-order valence-electron chi connectivity index (χ4n) is 2.74. The molecule has 0 aromatic heterocycles. The van der Waals surface area contributed by atoms with Gasteiger partial charge in [-0.3, -0.25) is 4.90 Å². The van der Waals surface area contributed by atoms with E-state index in [1.54, 1.807) is 0 Å². The van der Waals surface area contributed by atoms with Gasteiger partial charge in [-0.1, -0.05) is 0 Å². The van der Waals surface area contributed by atoms with Crippen molar-refractivity contribution in [1.29, 1.82) is 0 Å². The Bertz CT molecular complexity index is 185. The van der Waals surface area contributed by atoms with Crippen molar-refractivity contribution in [2.75, 3.05) is 13.1 Å². The van der Waals surface area contributed by atoms with Crippen LogP contribution in [-0.4, -0.2) is 35.6 Å². The van der Waals surface area contributed by atoms with Crippen molar-refractivity contribution in [3.05, 3.63) is 0 Å². The lowest BCUT2D eigenvalue weighted by atomic mass is 9.97. The second kappa shape index (κ2) is 3.25. The molecule has 13 heavy (non-hydrogen) atoms. The second-order valence-electron chi connectivity index (χ2n) is 5.25. The van der Waals surface area contributed by atoms with Crippen molar-refractivity contribution in [2.24, 2.45) is 0 Å². The first kappa shape index (κ1) is 9.47. The standard InChI is InChI=1S/C11H22N2/c1-9-8-12-7-6-11(2,3)13(9)10-4-5-10/h9-10,12H,4-8H2,1-3H3. The monoisotopic (exact) mass is 182 g/mol. The summed E-state index contributed by atoms with van der Waals surface area (Å²) < 4.78 is 0. The average Bonchev–Trinajstić information content (AvgIpc) is 2.80. The molecule has 1 saturated heterocycles. The zero-order chi connectivity index (χ0) is 9.47. The van der Waals surface area contributed by atoms with E-state index in [2.05, 4.69) is 31.0 Å². The minimum Gasteiger partial charge on any atom is -0.315 e. The van der Waals surface area contributed by atoms with Gasteiger partial charge in [0.15, 0.2) is 0 Å². The predicted octanol–water partition coefficient (Wildman–Crippen LogP) is 1.61. The highest BCUT2D eigenvalue weighted by molar-refractivity contribution is 4.98. The van der Waals surface area contributed by atoms with Crippen LogP contribution < -0.4 is 5.32 Å². The van der Waals surface area contributed by atoms with Gasteiger partial charge in [0.25, 0.3) is 0 Å². The topological polar surface area (TPSA) is 15.3 Å². The lowest BCUT2D eigenvalue weighted by molar-refractivity contribution is 0.0766. The van der Waals surface area contributed by atoms with Gasteiger partial charge in [-0.05, 0) is 46.6 Å². The molecular formula is C11H22N2. The van der Waals surface area contributed by atoms with Crippen molar-refractivity contribution in [3.63, 3.8) is 0 Å². The Balaban J connectivity index is 2.13. The summed E-state index contributed by atoms with van der Waals surface area (Å²) in [6, 6.07) is 1.61. The number of hydrogen-bond acceptors (Lipinski definition) is 2. The summed E-state index contributed by atoms with van der Waals surface area (Å²) in [5.41, 5.74) is 0.407. The van der Waals surface area contributed by atoms with Crippen LogP contribution in [0, 0.1) is 0 Å². The van der Waals surface area contributed by atoms with Gasteiger partial charge in [-0.25, -0.2) is 0 Å². The van der Waals surface area contributed by atoms with E-state index in [0.717, 1.165) is 6.04 Å². The highest BCUT2D eigenvalue weighted by atomic mass is 15.3. The maximum atomic E-state index is 3.52. The van der Waals surface area contributed by atoms with Gasteiger partial charge in [-0.15, -0.1) is 0 Å². The van der Waals surface area contributed by atoms with Crippen LogP contribution in [0.3, 0.4) is 0 Å². The van der Waals surface area contributed by atoms with E-state index in [1.807, 2.05) is 0 Å². The average molecular weight is 182 g/mol. The molecule has 0 aromatic carbocycles. The fraction of sp³-hybridized carbons (Fsp3) is 1.00. The number of hydrogen-bond donors (Lipinski definition) is 1. The molecule has 0 radical (unpaired) electrons. The third-order valence-electron chi connectivity index (χ3n) is 3.47. The highest BCUT2D eigenvalue weighted by Crippen LogP contribution is 2.36. The fourth-order valence-corrected chi connectivity index (χ4v) is 2.74. The quantitative estimate of drug-likeness (QED) is 0.663. The summed E-state index contributed by atoms with van der Waals surface area (Å²) in [5.74, 6) is 0. The molecule has 0 aromatic rings. The van der Waals surface area contributed by atoms with Gasteiger partial charge in [0.1, 0.15) is 0 Å². The molecule has 2 aliphatic rings. The van der Waals surface area contributed by atoms with Gasteiger partial charge < -0.3 is 5.32 Å². The molecule has 1 N–H and O–H groups in total. The Kier molecular flexibility index (Phi) is 2.37. The van der Waals surface area contributed by atoms with Gasteiger partial charge in [0, 0.05) is 24.2 Å². The van der Waals surface area contributed by atoms with Gasteiger partial charge in [-0.2, -0.15) is 0 Å². The van der Waals surface area contributed by atoms with Crippen molar-refractivity contribution >= 4 is 0 Å². The van der Waals surface area contributed by atoms with Crippen molar-refractivity contribution in [3.8, 4) is 0 Å². The predicted molar refractivity (Wildman–Crippen MR) is 55.9 cm³/mol. The zero-order valence-corrected chi connectivity index (χ0v) is 9.14. The Morgan fingerprint density at radius 3 is 2.62 bits per heavy atom. The number of nitrogens with zero attached hydrogens (tertiary/aromatic N) is 1. The first-order valence-electron chi connectivity index (χ1n) is 5.60. The molecule has 1 heterocycles. The Hall–Kier alpha value is -0.0800. The van der Waals surface area contributed by atoms with Crippen LogP contribution in [0.15, 0.2) is 0 Å². The Labute approximate surface area is 81.7 Å². The Morgan fingerprint density at radius 1 is 1.31 bits per heavy atom. The van der Waals surface area contributed by atoms with E-state index in [0.29, 0.717) is 11.6 Å². The van der Waals surface area contributed by atoms with Gasteiger partial charge >= 0.3 is 0 Å². The van der Waals surface area contributed by atoms with Crippen LogP contribution in [0.25, 0.3) is 0 Å². The van der Waals surface area contributed by atoms with E-state index in [-0.39, 0.29) is 0 Å². The molecule has 2 heteroatoms. The normalized spacial score (nSPS) is 35.8. The Morgan fingerprint density at radius 2 is 2.00 bits per heavy atom. The van der Waals surface area contributed by atoms with E-state index < -0.39 is 0 Å². The number of rotatable bonds is 1. The summed E-state index contributed by atoms with van der Waals surface area (Å²) in [4.78, 5) is 2.74. The molecule has 0 spiro atoms. The molecule has 1 atom stereocenters. The van der Waals surface area contributed by atoms with Crippen molar-refractivity contribution in [1.82, 2.24) is 10.2 Å². The minimum atomic E-state index is 0.407. The van der Waals surface area contributed by atoms with Crippen LogP contribution in [0.4, 0.5) is 0 Å². The van der Waals surface area contributed by atoms with Crippen molar-refractivity contribution in [2.45, 2.75) is 57.7 Å². The summed E-state index contributed by atoms with van der Waals surface area (Å²) in [7, 11) is 0. The van der Waals surface area contributed by atoms with Crippen LogP contribution >= 0.6 is 0 Å². The molecule has 1 aliphatic heterocycles. The number of nitrogens with one attached hydrogen (secondary N) is 1. The van der Waals surface area contributed by atoms with E-state index in [9.17, 15) is 0 Å². The molecule has 1 aliphatic carbocycles. The SMILES string of the molecule is CC1CNCCC(C)(C)N1C1CC1. The van der Waals surface area contributed by atoms with Crippen molar-refractivity contribution < 1.29 is 0 Å². The van der Waals surface area contributed by atoms with Gasteiger partial charge in [0.05, 0.1) is 0 Å². The van der Waals surface area contributed by atoms with E-state index in [4.69, 9.17) is 0 Å². The largest absolute Gasteiger partial charge is 0.315 e. The molecule has 1 saturated carbocycles. The summed E-state index contributed by atoms with van der Waals surface area (Å²) in [6.45, 7) is 9.50. The molecule has 1 unspecified atom stereocenters. The first-order valence-corrected chi connectivity index (χ1v) is 5.60. The third-order valence-corrected chi connectivity index (χ3v) is 3.47. The van der Waals surface area contributed by atoms with Crippen LogP contribution in [0.2, 0.25) is 0 Å². The van der Waals surface area contributed by atoms with Crippen LogP contribution in [0.1, 0.15) is 40.0 Å².